The van der Waals surface area contributed by atoms with Gasteiger partial charge in [-0.15, -0.1) is 11.3 Å². The van der Waals surface area contributed by atoms with E-state index >= 15 is 0 Å². The second-order valence-electron chi connectivity index (χ2n) is 6.52. The van der Waals surface area contributed by atoms with E-state index in [1.165, 1.54) is 11.3 Å². The molecule has 3 rings (SSSR count). The van der Waals surface area contributed by atoms with Crippen LogP contribution in [0, 0.1) is 12.8 Å². The van der Waals surface area contributed by atoms with Crippen molar-refractivity contribution in [3.05, 3.63) is 39.7 Å². The first-order valence-electron chi connectivity index (χ1n) is 8.75. The van der Waals surface area contributed by atoms with Crippen molar-refractivity contribution in [3.63, 3.8) is 0 Å². The van der Waals surface area contributed by atoms with E-state index in [1.54, 1.807) is 13.2 Å². The number of nitrogens with one attached hydrogen (secondary N) is 1. The highest BCUT2D eigenvalue weighted by molar-refractivity contribution is 7.13. The van der Waals surface area contributed by atoms with Crippen LogP contribution in [0.25, 0.3) is 0 Å². The number of likely N-dealkylation sites (tertiary alicyclic amines) is 1. The molecular formula is C18H23N3O4S. The normalized spacial score (nSPS) is 18.0. The molecule has 0 saturated carbocycles. The number of amides is 1. The number of aryl methyl sites for hydroxylation is 1. The van der Waals surface area contributed by atoms with E-state index in [4.69, 9.17) is 9.52 Å². The Bertz CT molecular complexity index is 757. The summed E-state index contributed by atoms with van der Waals surface area (Å²) in [6.07, 6.45) is 4.10. The molecule has 26 heavy (non-hydrogen) atoms. The maximum atomic E-state index is 12.4. The maximum absolute atomic E-state index is 12.4. The van der Waals surface area contributed by atoms with Crippen LogP contribution in [0.1, 0.15) is 39.0 Å². The first kappa shape index (κ1) is 18.6. The Morgan fingerprint density at radius 2 is 2.35 bits per heavy atom. The molecule has 1 aliphatic heterocycles. The summed E-state index contributed by atoms with van der Waals surface area (Å²) in [5, 5.41) is 12.8. The molecule has 2 aromatic heterocycles. The molecule has 0 bridgehead atoms. The van der Waals surface area contributed by atoms with Gasteiger partial charge in [-0.1, -0.05) is 0 Å². The van der Waals surface area contributed by atoms with Crippen LogP contribution in [-0.2, 0) is 17.8 Å². The summed E-state index contributed by atoms with van der Waals surface area (Å²) < 4.78 is 5.38. The van der Waals surface area contributed by atoms with Crippen molar-refractivity contribution in [2.24, 2.45) is 5.92 Å². The minimum absolute atomic E-state index is 0.0219. The van der Waals surface area contributed by atoms with Crippen molar-refractivity contribution in [3.8, 4) is 0 Å². The van der Waals surface area contributed by atoms with Crippen molar-refractivity contribution in [1.29, 1.82) is 0 Å². The largest absolute Gasteiger partial charge is 0.477 e. The maximum Gasteiger partial charge on any atom is 0.347 e. The minimum atomic E-state index is -0.950. The Labute approximate surface area is 156 Å². The van der Waals surface area contributed by atoms with E-state index < -0.39 is 5.97 Å². The Morgan fingerprint density at radius 3 is 3.04 bits per heavy atom. The van der Waals surface area contributed by atoms with Crippen molar-refractivity contribution in [2.45, 2.75) is 32.7 Å². The monoisotopic (exact) mass is 377 g/mol. The van der Waals surface area contributed by atoms with Crippen LogP contribution in [0.3, 0.4) is 0 Å². The van der Waals surface area contributed by atoms with Gasteiger partial charge < -0.3 is 14.8 Å². The van der Waals surface area contributed by atoms with Gasteiger partial charge in [0.15, 0.2) is 0 Å². The van der Waals surface area contributed by atoms with Crippen molar-refractivity contribution in [1.82, 2.24) is 15.2 Å². The Kier molecular flexibility index (Phi) is 6.05. The average molecular weight is 377 g/mol. The standard InChI is InChI=1S/C18H23N3O4S/c1-12-16(18(23)24)26-15(20-12)6-7-19-17(22)13-4-2-8-21(10-13)11-14-5-3-9-25-14/h3,5,9,13H,2,4,6-8,10-11H2,1H3,(H,19,22)(H,23,24)/t13-/m1/s1. The van der Waals surface area contributed by atoms with E-state index in [1.807, 2.05) is 12.1 Å². The van der Waals surface area contributed by atoms with Crippen LogP contribution in [-0.4, -0.2) is 46.5 Å². The van der Waals surface area contributed by atoms with Gasteiger partial charge >= 0.3 is 5.97 Å². The molecule has 1 atom stereocenters. The average Bonchev–Trinajstić information content (AvgIpc) is 3.24. The first-order valence-corrected chi connectivity index (χ1v) is 9.56. The summed E-state index contributed by atoms with van der Waals surface area (Å²) in [5.74, 6) is 0.000719. The molecule has 3 heterocycles. The number of hydrogen-bond acceptors (Lipinski definition) is 6. The summed E-state index contributed by atoms with van der Waals surface area (Å²) in [6.45, 7) is 4.59. The van der Waals surface area contributed by atoms with Gasteiger partial charge in [-0.3, -0.25) is 9.69 Å². The molecule has 0 aliphatic carbocycles. The fourth-order valence-corrected chi connectivity index (χ4v) is 4.13. The fourth-order valence-electron chi connectivity index (χ4n) is 3.23. The van der Waals surface area contributed by atoms with E-state index in [0.29, 0.717) is 18.7 Å². The SMILES string of the molecule is Cc1nc(CCNC(=O)[C@@H]2CCCN(Cc3ccco3)C2)sc1C(=O)O. The molecule has 0 unspecified atom stereocenters. The van der Waals surface area contributed by atoms with Crippen LogP contribution in [0.2, 0.25) is 0 Å². The zero-order valence-corrected chi connectivity index (χ0v) is 15.6. The number of hydrogen-bond donors (Lipinski definition) is 2. The third-order valence-electron chi connectivity index (χ3n) is 4.51. The number of furan rings is 1. The van der Waals surface area contributed by atoms with Gasteiger partial charge in [0.1, 0.15) is 10.6 Å². The number of carbonyl (C=O) groups is 2. The quantitative estimate of drug-likeness (QED) is 0.769. The molecule has 1 amide bonds. The second-order valence-corrected chi connectivity index (χ2v) is 7.61. The predicted octanol–water partition coefficient (Wildman–Crippen LogP) is 2.31. The van der Waals surface area contributed by atoms with E-state index in [2.05, 4.69) is 15.2 Å². The zero-order valence-electron chi connectivity index (χ0n) is 14.7. The van der Waals surface area contributed by atoms with E-state index in [9.17, 15) is 9.59 Å². The number of aromatic carboxylic acids is 1. The second kappa shape index (κ2) is 8.46. The summed E-state index contributed by atoms with van der Waals surface area (Å²) in [4.78, 5) is 30.3. The lowest BCUT2D eigenvalue weighted by Crippen LogP contribution is -2.43. The molecule has 8 heteroatoms. The fraction of sp³-hybridized carbons (Fsp3) is 0.500. The third kappa shape index (κ3) is 4.70. The highest BCUT2D eigenvalue weighted by Crippen LogP contribution is 2.20. The van der Waals surface area contributed by atoms with Gasteiger partial charge in [0, 0.05) is 19.5 Å². The van der Waals surface area contributed by atoms with Gasteiger partial charge in [0.05, 0.1) is 29.4 Å². The van der Waals surface area contributed by atoms with Gasteiger partial charge in [-0.25, -0.2) is 9.78 Å². The van der Waals surface area contributed by atoms with Gasteiger partial charge in [-0.05, 0) is 38.4 Å². The molecule has 2 N–H and O–H groups in total. The number of carbonyl (C=O) groups excluding carboxylic acids is 1. The molecular weight excluding hydrogens is 354 g/mol. The van der Waals surface area contributed by atoms with Crippen LogP contribution in [0.15, 0.2) is 22.8 Å². The Morgan fingerprint density at radius 1 is 1.50 bits per heavy atom. The number of nitrogens with zero attached hydrogens (tertiary/aromatic N) is 2. The number of carboxylic acid groups (broad SMARTS) is 1. The van der Waals surface area contributed by atoms with Gasteiger partial charge in [0.25, 0.3) is 0 Å². The summed E-state index contributed by atoms with van der Waals surface area (Å²) >= 11 is 1.18. The highest BCUT2D eigenvalue weighted by atomic mass is 32.1. The summed E-state index contributed by atoms with van der Waals surface area (Å²) in [5.41, 5.74) is 0.532. The van der Waals surface area contributed by atoms with Crippen LogP contribution in [0.4, 0.5) is 0 Å². The van der Waals surface area contributed by atoms with Gasteiger partial charge in [-0.2, -0.15) is 0 Å². The number of thiazole rings is 1. The highest BCUT2D eigenvalue weighted by Gasteiger charge is 2.26. The zero-order chi connectivity index (χ0) is 18.5. The lowest BCUT2D eigenvalue weighted by Gasteiger charge is -2.31. The molecule has 0 aromatic carbocycles. The molecule has 7 nitrogen and oxygen atoms in total. The van der Waals surface area contributed by atoms with Crippen molar-refractivity contribution in [2.75, 3.05) is 19.6 Å². The smallest absolute Gasteiger partial charge is 0.347 e. The molecule has 1 aliphatic rings. The number of rotatable bonds is 7. The Balaban J connectivity index is 1.45. The van der Waals surface area contributed by atoms with Crippen LogP contribution < -0.4 is 5.32 Å². The number of piperidine rings is 1. The molecule has 0 spiro atoms. The topological polar surface area (TPSA) is 95.7 Å². The number of carboxylic acids is 1. The predicted molar refractivity (Wildman–Crippen MR) is 97.2 cm³/mol. The van der Waals surface area contributed by atoms with Crippen molar-refractivity contribution >= 4 is 23.2 Å². The number of aromatic nitrogens is 1. The summed E-state index contributed by atoms with van der Waals surface area (Å²) in [6, 6.07) is 3.82. The molecule has 0 radical (unpaired) electrons. The first-order chi connectivity index (χ1) is 12.5. The van der Waals surface area contributed by atoms with E-state index in [0.717, 1.165) is 43.2 Å². The van der Waals surface area contributed by atoms with Crippen LogP contribution >= 0.6 is 11.3 Å². The minimum Gasteiger partial charge on any atom is -0.477 e. The van der Waals surface area contributed by atoms with E-state index in [-0.39, 0.29) is 16.7 Å². The molecule has 1 saturated heterocycles. The van der Waals surface area contributed by atoms with Crippen LogP contribution in [0.5, 0.6) is 0 Å². The molecule has 2 aromatic rings. The Hall–Kier alpha value is -2.19. The molecule has 1 fully saturated rings. The third-order valence-corrected chi connectivity index (χ3v) is 5.71. The summed E-state index contributed by atoms with van der Waals surface area (Å²) in [7, 11) is 0. The molecule has 140 valence electrons. The van der Waals surface area contributed by atoms with Crippen molar-refractivity contribution < 1.29 is 19.1 Å². The van der Waals surface area contributed by atoms with Gasteiger partial charge in [0.2, 0.25) is 5.91 Å². The lowest BCUT2D eigenvalue weighted by atomic mass is 9.97. The lowest BCUT2D eigenvalue weighted by molar-refractivity contribution is -0.126.